The molecule has 19 heavy (non-hydrogen) atoms. The zero-order valence-electron chi connectivity index (χ0n) is 10.1. The second-order valence-corrected chi connectivity index (χ2v) is 4.66. The van der Waals surface area contributed by atoms with E-state index >= 15 is 0 Å². The van der Waals surface area contributed by atoms with Crippen molar-refractivity contribution < 1.29 is 9.47 Å². The lowest BCUT2D eigenvalue weighted by Gasteiger charge is -2.09. The fourth-order valence-corrected chi connectivity index (χ4v) is 1.98. The highest BCUT2D eigenvalue weighted by molar-refractivity contribution is 7.81. The molecule has 2 aromatic carbocycles. The Labute approximate surface area is 123 Å². The monoisotopic (exact) mass is 288 g/mol. The molecule has 4 heteroatoms. The average Bonchev–Trinajstić information content (AvgIpc) is 2.40. The van der Waals surface area contributed by atoms with Gasteiger partial charge in [0, 0.05) is 0 Å². The van der Waals surface area contributed by atoms with Crippen LogP contribution < -0.4 is 9.47 Å². The van der Waals surface area contributed by atoms with Crippen molar-refractivity contribution in [1.82, 2.24) is 0 Å². The second-order valence-electron chi connectivity index (χ2n) is 3.75. The Morgan fingerprint density at radius 1 is 0.684 bits per heavy atom. The maximum Gasteiger partial charge on any atom is 0.175 e. The standard InChI is InChI=1S/C15H12O2S2/c18-14(16-12-7-3-1-4-8-12)11-15(19)17-13-9-5-2-6-10-13/h1-10H,11H2. The van der Waals surface area contributed by atoms with Gasteiger partial charge in [-0.05, 0) is 48.7 Å². The molecule has 0 bridgehead atoms. The number of thiocarbonyl (C=S) groups is 2. The first-order valence-electron chi connectivity index (χ1n) is 5.75. The first-order chi connectivity index (χ1) is 9.24. The van der Waals surface area contributed by atoms with Crippen LogP contribution in [0.5, 0.6) is 11.5 Å². The molecule has 0 spiro atoms. The number of hydrogen-bond acceptors (Lipinski definition) is 4. The molecule has 96 valence electrons. The van der Waals surface area contributed by atoms with Crippen LogP contribution in [0.3, 0.4) is 0 Å². The molecule has 0 atom stereocenters. The van der Waals surface area contributed by atoms with Gasteiger partial charge in [0.1, 0.15) is 11.5 Å². The van der Waals surface area contributed by atoms with Crippen molar-refractivity contribution in [3.8, 4) is 11.5 Å². The highest BCUT2D eigenvalue weighted by Crippen LogP contribution is 2.13. The summed E-state index contributed by atoms with van der Waals surface area (Å²) in [7, 11) is 0. The van der Waals surface area contributed by atoms with Gasteiger partial charge in [-0.3, -0.25) is 0 Å². The van der Waals surface area contributed by atoms with Crippen molar-refractivity contribution in [1.29, 1.82) is 0 Å². The maximum absolute atomic E-state index is 5.49. The molecular weight excluding hydrogens is 276 g/mol. The lowest BCUT2D eigenvalue weighted by molar-refractivity contribution is 0.531. The van der Waals surface area contributed by atoms with Gasteiger partial charge in [-0.25, -0.2) is 0 Å². The van der Waals surface area contributed by atoms with E-state index in [1.54, 1.807) is 0 Å². The molecular formula is C15H12O2S2. The van der Waals surface area contributed by atoms with Gasteiger partial charge in [-0.15, -0.1) is 0 Å². The largest absolute Gasteiger partial charge is 0.450 e. The van der Waals surface area contributed by atoms with Gasteiger partial charge in [-0.1, -0.05) is 36.4 Å². The fraction of sp³-hybridized carbons (Fsp3) is 0.0667. The van der Waals surface area contributed by atoms with Crippen LogP contribution in [0, 0.1) is 0 Å². The molecule has 0 saturated heterocycles. The van der Waals surface area contributed by atoms with E-state index in [9.17, 15) is 0 Å². The van der Waals surface area contributed by atoms with Crippen LogP contribution in [0.2, 0.25) is 0 Å². The molecule has 0 aliphatic rings. The van der Waals surface area contributed by atoms with Crippen LogP contribution in [0.15, 0.2) is 60.7 Å². The van der Waals surface area contributed by atoms with Gasteiger partial charge >= 0.3 is 0 Å². The topological polar surface area (TPSA) is 18.5 Å². The van der Waals surface area contributed by atoms with E-state index in [1.165, 1.54) is 0 Å². The first-order valence-corrected chi connectivity index (χ1v) is 6.57. The molecule has 0 aliphatic carbocycles. The minimum absolute atomic E-state index is 0.314. The maximum atomic E-state index is 5.49. The number of rotatable bonds is 4. The number of benzene rings is 2. The zero-order chi connectivity index (χ0) is 13.5. The molecule has 0 aromatic heterocycles. The number of ether oxygens (including phenoxy) is 2. The molecule has 0 saturated carbocycles. The molecule has 0 heterocycles. The summed E-state index contributed by atoms with van der Waals surface area (Å²) in [5.41, 5.74) is 0. The third-order valence-corrected chi connectivity index (χ3v) is 2.69. The van der Waals surface area contributed by atoms with Gasteiger partial charge in [0.15, 0.2) is 10.1 Å². The summed E-state index contributed by atoms with van der Waals surface area (Å²) >= 11 is 10.3. The van der Waals surface area contributed by atoms with Crippen molar-refractivity contribution in [2.24, 2.45) is 0 Å². The van der Waals surface area contributed by atoms with E-state index in [2.05, 4.69) is 0 Å². The number of hydrogen-bond donors (Lipinski definition) is 0. The van der Waals surface area contributed by atoms with Crippen LogP contribution in [0.25, 0.3) is 0 Å². The van der Waals surface area contributed by atoms with Crippen molar-refractivity contribution in [3.63, 3.8) is 0 Å². The predicted molar refractivity (Wildman–Crippen MR) is 84.0 cm³/mol. The Bertz CT molecular complexity index is 501. The van der Waals surface area contributed by atoms with E-state index in [0.717, 1.165) is 0 Å². The van der Waals surface area contributed by atoms with Gasteiger partial charge < -0.3 is 9.47 Å². The van der Waals surface area contributed by atoms with Crippen LogP contribution in [-0.2, 0) is 0 Å². The van der Waals surface area contributed by atoms with Crippen molar-refractivity contribution in [3.05, 3.63) is 60.7 Å². The van der Waals surface area contributed by atoms with Crippen LogP contribution in [-0.4, -0.2) is 10.1 Å². The summed E-state index contributed by atoms with van der Waals surface area (Å²) in [5, 5.41) is 0.791. The Balaban J connectivity index is 1.84. The predicted octanol–water partition coefficient (Wildman–Crippen LogP) is 4.19. The molecule has 0 N–H and O–H groups in total. The van der Waals surface area contributed by atoms with Crippen molar-refractivity contribution >= 4 is 34.5 Å². The van der Waals surface area contributed by atoms with Crippen LogP contribution >= 0.6 is 24.4 Å². The summed E-state index contributed by atoms with van der Waals surface area (Å²) in [5.74, 6) is 1.41. The van der Waals surface area contributed by atoms with E-state index in [-0.39, 0.29) is 0 Å². The van der Waals surface area contributed by atoms with Crippen molar-refractivity contribution in [2.75, 3.05) is 0 Å². The summed E-state index contributed by atoms with van der Waals surface area (Å²) in [6.45, 7) is 0. The van der Waals surface area contributed by atoms with Crippen molar-refractivity contribution in [2.45, 2.75) is 6.42 Å². The number of para-hydroxylation sites is 2. The Kier molecular flexibility index (Phi) is 5.01. The van der Waals surface area contributed by atoms with E-state index in [4.69, 9.17) is 33.9 Å². The average molecular weight is 288 g/mol. The lowest BCUT2D eigenvalue weighted by atomic mass is 10.3. The molecule has 0 unspecified atom stereocenters. The van der Waals surface area contributed by atoms with E-state index < -0.39 is 0 Å². The fourth-order valence-electron chi connectivity index (χ4n) is 1.43. The van der Waals surface area contributed by atoms with Crippen LogP contribution in [0.4, 0.5) is 0 Å². The summed E-state index contributed by atoms with van der Waals surface area (Å²) in [6, 6.07) is 18.7. The summed E-state index contributed by atoms with van der Waals surface area (Å²) in [4.78, 5) is 0. The smallest absolute Gasteiger partial charge is 0.175 e. The molecule has 0 radical (unpaired) electrons. The van der Waals surface area contributed by atoms with Gasteiger partial charge in [-0.2, -0.15) is 0 Å². The third-order valence-electron chi connectivity index (χ3n) is 2.24. The van der Waals surface area contributed by atoms with Gasteiger partial charge in [0.05, 0.1) is 6.42 Å². The quantitative estimate of drug-likeness (QED) is 0.785. The molecule has 2 nitrogen and oxygen atoms in total. The van der Waals surface area contributed by atoms with E-state index in [0.29, 0.717) is 28.0 Å². The molecule has 0 fully saturated rings. The Hall–Kier alpha value is -1.78. The van der Waals surface area contributed by atoms with Gasteiger partial charge in [0.2, 0.25) is 0 Å². The minimum Gasteiger partial charge on any atom is -0.450 e. The SMILES string of the molecule is S=C(CC(=S)Oc1ccccc1)Oc1ccccc1. The Morgan fingerprint density at radius 3 is 1.42 bits per heavy atom. The highest BCUT2D eigenvalue weighted by atomic mass is 32.1. The lowest BCUT2D eigenvalue weighted by Crippen LogP contribution is -2.15. The molecule has 2 rings (SSSR count). The molecule has 0 amide bonds. The second kappa shape index (κ2) is 6.97. The summed E-state index contributed by atoms with van der Waals surface area (Å²) in [6.07, 6.45) is 0.314. The third kappa shape index (κ3) is 4.77. The normalized spacial score (nSPS) is 9.68. The summed E-state index contributed by atoms with van der Waals surface area (Å²) < 4.78 is 11.0. The highest BCUT2D eigenvalue weighted by Gasteiger charge is 2.06. The van der Waals surface area contributed by atoms with Crippen LogP contribution in [0.1, 0.15) is 6.42 Å². The minimum atomic E-state index is 0.314. The zero-order valence-corrected chi connectivity index (χ0v) is 11.7. The van der Waals surface area contributed by atoms with E-state index in [1.807, 2.05) is 60.7 Å². The molecule has 0 aliphatic heterocycles. The Morgan fingerprint density at radius 2 is 1.05 bits per heavy atom. The molecule has 2 aromatic rings. The van der Waals surface area contributed by atoms with Gasteiger partial charge in [0.25, 0.3) is 0 Å². The first kappa shape index (κ1) is 13.6.